The fourth-order valence-corrected chi connectivity index (χ4v) is 17.9. The number of aryl methyl sites for hydroxylation is 3. The Morgan fingerprint density at radius 1 is 0.579 bits per heavy atom. The zero-order valence-electron chi connectivity index (χ0n) is 24.2. The Labute approximate surface area is 245 Å². The number of benzene rings is 3. The molecule has 0 spiro atoms. The fraction of sp³-hybridized carbons (Fsp3) is 0.471. The molecule has 0 saturated carbocycles. The van der Waals surface area contributed by atoms with Gasteiger partial charge in [0.25, 0.3) is 0 Å². The number of unbranched alkanes of at least 4 members (excludes halogenated alkanes) is 5. The molecule has 0 amide bonds. The molecule has 3 aromatic carbocycles. The maximum absolute atomic E-state index is 5.71. The molecule has 2 nitrogen and oxygen atoms in total. The summed E-state index contributed by atoms with van der Waals surface area (Å²) in [6.07, 6.45) is 9.65. The zero-order valence-corrected chi connectivity index (χ0v) is 27.3. The van der Waals surface area contributed by atoms with E-state index in [-0.39, 0.29) is 6.29 Å². The van der Waals surface area contributed by atoms with Crippen LogP contribution in [0.15, 0.2) is 72.8 Å². The Balaban J connectivity index is 1.84. The first-order valence-electron chi connectivity index (χ1n) is 14.5. The van der Waals surface area contributed by atoms with Crippen molar-refractivity contribution in [3.8, 4) is 0 Å². The Bertz CT molecular complexity index is 1020. The van der Waals surface area contributed by atoms with Gasteiger partial charge in [-0.3, -0.25) is 0 Å². The summed E-state index contributed by atoms with van der Waals surface area (Å²) >= 11 is 2.98. The molecule has 0 N–H and O–H groups in total. The molecule has 0 heterocycles. The van der Waals surface area contributed by atoms with E-state index in [9.17, 15) is 0 Å². The van der Waals surface area contributed by atoms with Crippen molar-refractivity contribution in [1.29, 1.82) is 0 Å². The van der Waals surface area contributed by atoms with E-state index in [2.05, 4.69) is 116 Å². The van der Waals surface area contributed by atoms with Gasteiger partial charge in [-0.25, -0.2) is 0 Å². The van der Waals surface area contributed by atoms with Crippen LogP contribution in [-0.2, 0) is 9.47 Å². The Kier molecular flexibility index (Phi) is 12.3. The number of hydrogen-bond acceptors (Lipinski definition) is 2. The van der Waals surface area contributed by atoms with Crippen molar-refractivity contribution in [2.24, 2.45) is 0 Å². The molecule has 208 valence electrons. The van der Waals surface area contributed by atoms with E-state index in [0.717, 1.165) is 19.6 Å². The van der Waals surface area contributed by atoms with E-state index in [1.54, 1.807) is 15.9 Å². The topological polar surface area (TPSA) is 18.5 Å². The molecule has 3 aromatic rings. The molecule has 38 heavy (non-hydrogen) atoms. The summed E-state index contributed by atoms with van der Waals surface area (Å²) in [6.45, 7) is 12.4. The van der Waals surface area contributed by atoms with Gasteiger partial charge in [0.2, 0.25) is 0 Å². The van der Waals surface area contributed by atoms with Crippen LogP contribution < -0.4 is 15.9 Å². The van der Waals surface area contributed by atoms with Crippen molar-refractivity contribution >= 4 is 42.2 Å². The maximum atomic E-state index is 5.71. The number of hydrogen-bond donors (Lipinski definition) is 0. The molecular weight excluding hydrogens is 598 g/mol. The predicted octanol–water partition coefficient (Wildman–Crippen LogP) is 8.92. The summed E-state index contributed by atoms with van der Waals surface area (Å²) < 4.78 is 8.67. The first kappa shape index (κ1) is 31.3. The van der Waals surface area contributed by atoms with E-state index >= 15 is 0 Å². The second-order valence-corrected chi connectivity index (χ2v) is 21.2. The number of rotatable bonds is 16. The van der Waals surface area contributed by atoms with Crippen LogP contribution >= 0.6 is 26.3 Å². The van der Waals surface area contributed by atoms with Gasteiger partial charge in [-0.1, -0.05) is 0 Å². The summed E-state index contributed by atoms with van der Waals surface area (Å²) in [6, 6.07) is 27.5. The van der Waals surface area contributed by atoms with E-state index in [0.29, 0.717) is 0 Å². The first-order chi connectivity index (χ1) is 18.4. The van der Waals surface area contributed by atoms with Gasteiger partial charge in [-0.15, -0.1) is 0 Å². The van der Waals surface area contributed by atoms with Crippen molar-refractivity contribution in [2.75, 3.05) is 19.4 Å². The summed E-state index contributed by atoms with van der Waals surface area (Å²) in [5.41, 5.74) is 4.22. The van der Waals surface area contributed by atoms with E-state index in [1.807, 2.05) is 13.8 Å². The van der Waals surface area contributed by atoms with Gasteiger partial charge >= 0.3 is 246 Å². The molecule has 0 aliphatic heterocycles. The molecule has 0 saturated heterocycles. The summed E-state index contributed by atoms with van der Waals surface area (Å²) in [4.78, 5) is 0. The van der Waals surface area contributed by atoms with Crippen LogP contribution in [0, 0.1) is 20.8 Å². The normalized spacial score (nSPS) is 13.0. The zero-order chi connectivity index (χ0) is 27.5. The van der Waals surface area contributed by atoms with Crippen molar-refractivity contribution in [1.82, 2.24) is 0 Å². The van der Waals surface area contributed by atoms with Crippen molar-refractivity contribution in [3.05, 3.63) is 89.5 Å². The molecule has 4 heteroatoms. The van der Waals surface area contributed by atoms with Gasteiger partial charge in [-0.05, 0) is 0 Å². The van der Waals surface area contributed by atoms with Crippen LogP contribution in [-0.4, -0.2) is 25.7 Å². The molecule has 3 rings (SSSR count). The number of halogens is 1. The van der Waals surface area contributed by atoms with E-state index in [1.165, 1.54) is 61.4 Å². The summed E-state index contributed by atoms with van der Waals surface area (Å²) in [7, 11) is 0. The molecule has 0 aliphatic rings. The third-order valence-electron chi connectivity index (χ3n) is 7.83. The van der Waals surface area contributed by atoms with Crippen LogP contribution in [0.1, 0.15) is 75.5 Å². The van der Waals surface area contributed by atoms with Crippen LogP contribution in [0.5, 0.6) is 0 Å². The van der Waals surface area contributed by atoms with Crippen LogP contribution in [0.4, 0.5) is 0 Å². The molecule has 0 atom stereocenters. The van der Waals surface area contributed by atoms with Crippen molar-refractivity contribution in [2.45, 2.75) is 85.9 Å². The van der Waals surface area contributed by atoms with Gasteiger partial charge in [0.05, 0.1) is 0 Å². The van der Waals surface area contributed by atoms with Crippen molar-refractivity contribution < 1.29 is 9.47 Å². The van der Waals surface area contributed by atoms with E-state index < -0.39 is 4.25 Å². The third-order valence-corrected chi connectivity index (χ3v) is 19.6. The average molecular weight is 647 g/mol. The minimum absolute atomic E-state index is 0.0347. The van der Waals surface area contributed by atoms with Crippen molar-refractivity contribution in [3.63, 3.8) is 0 Å². The molecule has 0 aromatic heterocycles. The summed E-state index contributed by atoms with van der Waals surface area (Å²) in [5, 5.41) is 4.63. The van der Waals surface area contributed by atoms with Gasteiger partial charge in [-0.2, -0.15) is 0 Å². The van der Waals surface area contributed by atoms with Gasteiger partial charge in [0.1, 0.15) is 0 Å². The molecule has 0 bridgehead atoms. The van der Waals surface area contributed by atoms with Crippen LogP contribution in [0.2, 0.25) is 0 Å². The Morgan fingerprint density at radius 3 is 1.34 bits per heavy atom. The molecular formula is C34H48IO2P. The van der Waals surface area contributed by atoms with Gasteiger partial charge in [0.15, 0.2) is 0 Å². The minimum atomic E-state index is -2.75. The average Bonchev–Trinajstić information content (AvgIpc) is 2.91. The SMILES string of the molecule is CCOC(CCCCCCCCP(I)(c1ccccc1C)(c1ccccc1C)c1ccccc1C)OCC. The second-order valence-electron chi connectivity index (χ2n) is 10.5. The van der Waals surface area contributed by atoms with Gasteiger partial charge < -0.3 is 0 Å². The molecule has 0 fully saturated rings. The predicted molar refractivity (Wildman–Crippen MR) is 178 cm³/mol. The Morgan fingerprint density at radius 2 is 0.947 bits per heavy atom. The molecule has 0 unspecified atom stereocenters. The van der Waals surface area contributed by atoms with Gasteiger partial charge in [0, 0.05) is 0 Å². The summed E-state index contributed by atoms with van der Waals surface area (Å²) in [5.74, 6) is 0. The van der Waals surface area contributed by atoms with Crippen LogP contribution in [0.3, 0.4) is 0 Å². The third kappa shape index (κ3) is 7.08. The number of ether oxygens (including phenoxy) is 2. The Hall–Kier alpha value is -1.26. The first-order valence-corrected chi connectivity index (χ1v) is 19.7. The van der Waals surface area contributed by atoms with Crippen LogP contribution in [0.25, 0.3) is 0 Å². The van der Waals surface area contributed by atoms with E-state index in [4.69, 9.17) is 9.47 Å². The molecule has 0 radical (unpaired) electrons. The molecule has 0 aliphatic carbocycles. The standard InChI is InChI=1S/C34H48IO2P/c1-6-36-34(37-7-2)26-12-10-8-9-11-19-27-38(35,31-23-16-13-20-28(31)3,32-24-17-14-21-29(32)4)33-25-18-15-22-30(33)5/h13-18,20-25,34H,6-12,19,26-27H2,1-5H3. The second kappa shape index (κ2) is 14.9. The quantitative estimate of drug-likeness (QED) is 0.0670. The fourth-order valence-electron chi connectivity index (χ4n) is 6.02. The monoisotopic (exact) mass is 646 g/mol.